The number of benzene rings is 2. The molecule has 2 atom stereocenters. The Morgan fingerprint density at radius 1 is 1.12 bits per heavy atom. The minimum Gasteiger partial charge on any atom is -0.467 e. The largest absolute Gasteiger partial charge is 0.467 e. The maximum absolute atomic E-state index is 12.7. The SMILES string of the molecule is COC(=O)[C@](C)(NC(=O)c1ccccc1)[C@@H](/C=C/CO)c1ccccc1. The summed E-state index contributed by atoms with van der Waals surface area (Å²) in [5.41, 5.74) is -0.0895. The van der Waals surface area contributed by atoms with Crippen LogP contribution in [0.2, 0.25) is 0 Å². The molecule has 0 aliphatic heterocycles. The lowest BCUT2D eigenvalue weighted by molar-refractivity contribution is -0.148. The predicted octanol–water partition coefficient (Wildman–Crippen LogP) is 2.68. The zero-order chi connectivity index (χ0) is 19.0. The van der Waals surface area contributed by atoms with Crippen LogP contribution in [0.1, 0.15) is 28.8 Å². The summed E-state index contributed by atoms with van der Waals surface area (Å²) in [7, 11) is 1.28. The van der Waals surface area contributed by atoms with E-state index in [0.29, 0.717) is 5.56 Å². The van der Waals surface area contributed by atoms with E-state index in [0.717, 1.165) is 5.56 Å². The van der Waals surface area contributed by atoms with Crippen molar-refractivity contribution in [1.29, 1.82) is 0 Å². The van der Waals surface area contributed by atoms with Crippen molar-refractivity contribution in [2.75, 3.05) is 13.7 Å². The molecule has 0 aromatic heterocycles. The highest BCUT2D eigenvalue weighted by atomic mass is 16.5. The molecule has 0 spiro atoms. The van der Waals surface area contributed by atoms with E-state index in [1.807, 2.05) is 36.4 Å². The van der Waals surface area contributed by atoms with E-state index >= 15 is 0 Å². The third-order valence-corrected chi connectivity index (χ3v) is 4.23. The Bertz CT molecular complexity index is 758. The summed E-state index contributed by atoms with van der Waals surface area (Å²) in [4.78, 5) is 25.3. The van der Waals surface area contributed by atoms with E-state index in [9.17, 15) is 14.7 Å². The van der Waals surface area contributed by atoms with E-state index in [2.05, 4.69) is 5.32 Å². The number of esters is 1. The summed E-state index contributed by atoms with van der Waals surface area (Å²) in [6, 6.07) is 18.0. The van der Waals surface area contributed by atoms with Gasteiger partial charge in [0.15, 0.2) is 0 Å². The van der Waals surface area contributed by atoms with E-state index in [-0.39, 0.29) is 12.5 Å². The Morgan fingerprint density at radius 3 is 2.23 bits per heavy atom. The van der Waals surface area contributed by atoms with Gasteiger partial charge in [0.1, 0.15) is 5.54 Å². The first kappa shape index (κ1) is 19.4. The normalized spacial score (nSPS) is 14.4. The van der Waals surface area contributed by atoms with Crippen molar-refractivity contribution < 1.29 is 19.4 Å². The van der Waals surface area contributed by atoms with Gasteiger partial charge >= 0.3 is 5.97 Å². The summed E-state index contributed by atoms with van der Waals surface area (Å²) >= 11 is 0. The number of rotatable bonds is 7. The van der Waals surface area contributed by atoms with Gasteiger partial charge in [-0.15, -0.1) is 0 Å². The fourth-order valence-electron chi connectivity index (χ4n) is 2.86. The molecule has 0 saturated heterocycles. The Kier molecular flexibility index (Phi) is 6.69. The molecule has 0 aliphatic carbocycles. The van der Waals surface area contributed by atoms with Crippen LogP contribution in [0, 0.1) is 0 Å². The molecule has 0 fully saturated rings. The standard InChI is InChI=1S/C21H23NO4/c1-21(20(25)26-2,22-19(24)17-12-7-4-8-13-17)18(14-9-15-23)16-10-5-3-6-11-16/h3-14,18,23H,15H2,1-2H3,(H,22,24)/b14-9+/t18-,21+/m0/s1. The maximum atomic E-state index is 12.7. The number of aliphatic hydroxyl groups is 1. The fraction of sp³-hybridized carbons (Fsp3) is 0.238. The molecule has 136 valence electrons. The highest BCUT2D eigenvalue weighted by molar-refractivity contribution is 5.98. The minimum atomic E-state index is -1.35. The molecule has 0 aliphatic rings. The highest BCUT2D eigenvalue weighted by Crippen LogP contribution is 2.31. The molecule has 26 heavy (non-hydrogen) atoms. The number of carbonyl (C=O) groups is 2. The van der Waals surface area contributed by atoms with Crippen LogP contribution in [-0.4, -0.2) is 36.2 Å². The van der Waals surface area contributed by atoms with Crippen molar-refractivity contribution >= 4 is 11.9 Å². The summed E-state index contributed by atoms with van der Waals surface area (Å²) in [6.07, 6.45) is 3.26. The average Bonchev–Trinajstić information content (AvgIpc) is 2.69. The molecule has 2 N–H and O–H groups in total. The molecule has 0 unspecified atom stereocenters. The quantitative estimate of drug-likeness (QED) is 0.593. The summed E-state index contributed by atoms with van der Waals surface area (Å²) in [6.45, 7) is 1.45. The second-order valence-corrected chi connectivity index (χ2v) is 6.01. The lowest BCUT2D eigenvalue weighted by Gasteiger charge is -2.34. The van der Waals surface area contributed by atoms with E-state index in [1.165, 1.54) is 7.11 Å². The number of methoxy groups -OCH3 is 1. The lowest BCUT2D eigenvalue weighted by atomic mass is 9.79. The zero-order valence-corrected chi connectivity index (χ0v) is 14.9. The fourth-order valence-corrected chi connectivity index (χ4v) is 2.86. The van der Waals surface area contributed by atoms with Crippen LogP contribution in [-0.2, 0) is 9.53 Å². The Labute approximate surface area is 153 Å². The third kappa shape index (κ3) is 4.37. The van der Waals surface area contributed by atoms with Crippen molar-refractivity contribution in [3.63, 3.8) is 0 Å². The average molecular weight is 353 g/mol. The smallest absolute Gasteiger partial charge is 0.332 e. The number of hydrogen-bond donors (Lipinski definition) is 2. The Hall–Kier alpha value is -2.92. The van der Waals surface area contributed by atoms with Gasteiger partial charge in [-0.1, -0.05) is 60.7 Å². The van der Waals surface area contributed by atoms with Crippen LogP contribution in [0.25, 0.3) is 0 Å². The monoisotopic (exact) mass is 353 g/mol. The van der Waals surface area contributed by atoms with Gasteiger partial charge in [0.05, 0.1) is 13.7 Å². The van der Waals surface area contributed by atoms with Gasteiger partial charge in [-0.2, -0.15) is 0 Å². The first-order valence-corrected chi connectivity index (χ1v) is 8.31. The van der Waals surface area contributed by atoms with Crippen molar-refractivity contribution in [3.8, 4) is 0 Å². The van der Waals surface area contributed by atoms with Crippen molar-refractivity contribution in [2.45, 2.75) is 18.4 Å². The molecule has 0 bridgehead atoms. The molecule has 2 aromatic carbocycles. The molecule has 0 saturated carbocycles. The summed E-state index contributed by atoms with van der Waals surface area (Å²) in [5.74, 6) is -1.47. The van der Waals surface area contributed by atoms with Gasteiger partial charge in [0.25, 0.3) is 5.91 Å². The van der Waals surface area contributed by atoms with Crippen LogP contribution in [0.15, 0.2) is 72.8 Å². The lowest BCUT2D eigenvalue weighted by Crippen LogP contribution is -2.56. The first-order valence-electron chi connectivity index (χ1n) is 8.31. The van der Waals surface area contributed by atoms with Crippen LogP contribution in [0.5, 0.6) is 0 Å². The van der Waals surface area contributed by atoms with E-state index in [4.69, 9.17) is 4.74 Å². The molecule has 0 radical (unpaired) electrons. The van der Waals surface area contributed by atoms with E-state index in [1.54, 1.807) is 43.3 Å². The molecule has 5 heteroatoms. The first-order chi connectivity index (χ1) is 12.5. The number of carbonyl (C=O) groups excluding carboxylic acids is 2. The zero-order valence-electron chi connectivity index (χ0n) is 14.9. The molecular formula is C21H23NO4. The van der Waals surface area contributed by atoms with Gasteiger partial charge in [0, 0.05) is 11.5 Å². The highest BCUT2D eigenvalue weighted by Gasteiger charge is 2.43. The maximum Gasteiger partial charge on any atom is 0.332 e. The topological polar surface area (TPSA) is 75.6 Å². The molecule has 1 amide bonds. The second kappa shape index (κ2) is 8.97. The number of hydrogen-bond acceptors (Lipinski definition) is 4. The molecular weight excluding hydrogens is 330 g/mol. The molecule has 5 nitrogen and oxygen atoms in total. The Balaban J connectivity index is 2.46. The molecule has 2 rings (SSSR count). The summed E-state index contributed by atoms with van der Waals surface area (Å²) < 4.78 is 4.98. The van der Waals surface area contributed by atoms with Gasteiger partial charge in [-0.25, -0.2) is 4.79 Å². The third-order valence-electron chi connectivity index (χ3n) is 4.23. The van der Waals surface area contributed by atoms with Crippen molar-refractivity contribution in [3.05, 3.63) is 83.9 Å². The van der Waals surface area contributed by atoms with Crippen LogP contribution >= 0.6 is 0 Å². The van der Waals surface area contributed by atoms with Crippen LogP contribution in [0.3, 0.4) is 0 Å². The predicted molar refractivity (Wildman–Crippen MR) is 99.7 cm³/mol. The second-order valence-electron chi connectivity index (χ2n) is 6.01. The number of amides is 1. The van der Waals surface area contributed by atoms with Gasteiger partial charge in [-0.3, -0.25) is 4.79 Å². The van der Waals surface area contributed by atoms with E-state index < -0.39 is 17.4 Å². The molecule has 0 heterocycles. The van der Waals surface area contributed by atoms with Crippen LogP contribution < -0.4 is 5.32 Å². The van der Waals surface area contributed by atoms with Gasteiger partial charge in [0.2, 0.25) is 0 Å². The van der Waals surface area contributed by atoms with Crippen molar-refractivity contribution in [2.24, 2.45) is 0 Å². The van der Waals surface area contributed by atoms with Gasteiger partial charge < -0.3 is 15.2 Å². The minimum absolute atomic E-state index is 0.173. The van der Waals surface area contributed by atoms with Crippen molar-refractivity contribution in [1.82, 2.24) is 5.32 Å². The Morgan fingerprint density at radius 2 is 1.69 bits per heavy atom. The van der Waals surface area contributed by atoms with Gasteiger partial charge in [-0.05, 0) is 24.6 Å². The van der Waals surface area contributed by atoms with Crippen LogP contribution in [0.4, 0.5) is 0 Å². The molecule has 2 aromatic rings. The number of ether oxygens (including phenoxy) is 1. The summed E-state index contributed by atoms with van der Waals surface area (Å²) in [5, 5.41) is 12.0. The number of nitrogens with one attached hydrogen (secondary N) is 1. The number of aliphatic hydroxyl groups excluding tert-OH is 1.